The highest BCUT2D eigenvalue weighted by Crippen LogP contribution is 2.27. The van der Waals surface area contributed by atoms with E-state index in [1.165, 1.54) is 11.3 Å². The van der Waals surface area contributed by atoms with Crippen LogP contribution >= 0.6 is 11.6 Å². The number of hydrogen-bond donors (Lipinski definition) is 1. The molecule has 0 spiro atoms. The van der Waals surface area contributed by atoms with Crippen LogP contribution < -0.4 is 10.2 Å². The Morgan fingerprint density at radius 2 is 1.95 bits per heavy atom. The van der Waals surface area contributed by atoms with Crippen molar-refractivity contribution in [2.75, 3.05) is 24.5 Å². The summed E-state index contributed by atoms with van der Waals surface area (Å²) in [6, 6.07) is 6.20. The van der Waals surface area contributed by atoms with Crippen molar-refractivity contribution in [3.63, 3.8) is 0 Å². The standard InChI is InChI=1S/C17H27ClN2O/c1-12(2)8-19-9-15-7-16(18)5-6-17(15)20-10-13(3)21-14(4)11-20/h5-7,12-14,19H,8-11H2,1-4H3/t13-,14+. The molecule has 0 bridgehead atoms. The zero-order chi connectivity index (χ0) is 15.4. The van der Waals surface area contributed by atoms with E-state index in [1.54, 1.807) is 0 Å². The largest absolute Gasteiger partial charge is 0.372 e. The molecule has 4 heteroatoms. The Morgan fingerprint density at radius 3 is 2.57 bits per heavy atom. The van der Waals surface area contributed by atoms with Crippen molar-refractivity contribution in [1.29, 1.82) is 0 Å². The van der Waals surface area contributed by atoms with Crippen molar-refractivity contribution < 1.29 is 4.74 Å². The molecule has 3 nitrogen and oxygen atoms in total. The molecule has 1 heterocycles. The van der Waals surface area contributed by atoms with Crippen molar-refractivity contribution in [2.24, 2.45) is 5.92 Å². The van der Waals surface area contributed by atoms with Gasteiger partial charge in [-0.2, -0.15) is 0 Å². The number of ether oxygens (including phenoxy) is 1. The molecule has 2 atom stereocenters. The molecule has 118 valence electrons. The molecule has 1 aliphatic heterocycles. The first-order valence-corrected chi connectivity index (χ1v) is 8.23. The maximum atomic E-state index is 6.18. The van der Waals surface area contributed by atoms with Gasteiger partial charge in [-0.15, -0.1) is 0 Å². The van der Waals surface area contributed by atoms with Crippen LogP contribution in [0, 0.1) is 5.92 Å². The lowest BCUT2D eigenvalue weighted by Gasteiger charge is -2.38. The van der Waals surface area contributed by atoms with Crippen LogP contribution in [0.5, 0.6) is 0 Å². The van der Waals surface area contributed by atoms with E-state index in [2.05, 4.69) is 50.0 Å². The second kappa shape index (κ2) is 7.48. The third-order valence-electron chi connectivity index (χ3n) is 3.67. The van der Waals surface area contributed by atoms with Gasteiger partial charge in [0.25, 0.3) is 0 Å². The van der Waals surface area contributed by atoms with Crippen LogP contribution in [0.4, 0.5) is 5.69 Å². The predicted molar refractivity (Wildman–Crippen MR) is 90.2 cm³/mol. The molecule has 0 aromatic heterocycles. The monoisotopic (exact) mass is 310 g/mol. The molecule has 1 aromatic rings. The molecule has 1 fully saturated rings. The lowest BCUT2D eigenvalue weighted by Crippen LogP contribution is -2.46. The van der Waals surface area contributed by atoms with Crippen LogP contribution in [0.25, 0.3) is 0 Å². The highest BCUT2D eigenvalue weighted by molar-refractivity contribution is 6.30. The molecule has 0 radical (unpaired) electrons. The first-order chi connectivity index (χ1) is 9.95. The molecule has 0 amide bonds. The highest BCUT2D eigenvalue weighted by Gasteiger charge is 2.23. The minimum absolute atomic E-state index is 0.265. The molecule has 2 rings (SSSR count). The summed E-state index contributed by atoms with van der Waals surface area (Å²) < 4.78 is 5.83. The van der Waals surface area contributed by atoms with Crippen molar-refractivity contribution in [3.05, 3.63) is 28.8 Å². The number of nitrogens with zero attached hydrogens (tertiary/aromatic N) is 1. The van der Waals surface area contributed by atoms with Gasteiger partial charge in [-0.1, -0.05) is 25.4 Å². The Hall–Kier alpha value is -0.770. The molecule has 0 aliphatic carbocycles. The zero-order valence-electron chi connectivity index (χ0n) is 13.5. The second-order valence-corrected chi connectivity index (χ2v) is 6.90. The van der Waals surface area contributed by atoms with Gasteiger partial charge in [0.2, 0.25) is 0 Å². The van der Waals surface area contributed by atoms with E-state index in [1.807, 2.05) is 6.07 Å². The summed E-state index contributed by atoms with van der Waals surface area (Å²) in [4.78, 5) is 2.42. The van der Waals surface area contributed by atoms with Gasteiger partial charge in [-0.05, 0) is 50.1 Å². The van der Waals surface area contributed by atoms with Gasteiger partial charge in [0.1, 0.15) is 0 Å². The van der Waals surface area contributed by atoms with Crippen molar-refractivity contribution in [1.82, 2.24) is 5.32 Å². The summed E-state index contributed by atoms with van der Waals surface area (Å²) in [5.41, 5.74) is 2.54. The van der Waals surface area contributed by atoms with E-state index >= 15 is 0 Å². The van der Waals surface area contributed by atoms with Gasteiger partial charge in [-0.25, -0.2) is 0 Å². The SMILES string of the molecule is CC(C)CNCc1cc(Cl)ccc1N1C[C@@H](C)O[C@@H](C)C1. The first kappa shape index (κ1) is 16.6. The molecular formula is C17H27ClN2O. The van der Waals surface area contributed by atoms with Crippen LogP contribution in [0.2, 0.25) is 5.02 Å². The van der Waals surface area contributed by atoms with Crippen molar-refractivity contribution >= 4 is 17.3 Å². The van der Waals surface area contributed by atoms with E-state index in [9.17, 15) is 0 Å². The summed E-state index contributed by atoms with van der Waals surface area (Å²) >= 11 is 6.18. The maximum absolute atomic E-state index is 6.18. The quantitative estimate of drug-likeness (QED) is 0.897. The number of halogens is 1. The minimum Gasteiger partial charge on any atom is -0.372 e. The number of nitrogens with one attached hydrogen (secondary N) is 1. The third kappa shape index (κ3) is 4.87. The van der Waals surface area contributed by atoms with E-state index < -0.39 is 0 Å². The van der Waals surface area contributed by atoms with Gasteiger partial charge in [-0.3, -0.25) is 0 Å². The summed E-state index contributed by atoms with van der Waals surface area (Å²) in [6.07, 6.45) is 0.529. The Kier molecular flexibility index (Phi) is 5.91. The van der Waals surface area contributed by atoms with Gasteiger partial charge in [0, 0.05) is 30.3 Å². The lowest BCUT2D eigenvalue weighted by molar-refractivity contribution is -0.00526. The molecular weight excluding hydrogens is 284 g/mol. The minimum atomic E-state index is 0.265. The van der Waals surface area contributed by atoms with E-state index in [0.29, 0.717) is 5.92 Å². The Balaban J connectivity index is 2.13. The number of hydrogen-bond acceptors (Lipinski definition) is 3. The molecule has 1 N–H and O–H groups in total. The number of rotatable bonds is 5. The van der Waals surface area contributed by atoms with Gasteiger partial charge < -0.3 is 15.0 Å². The van der Waals surface area contributed by atoms with Crippen molar-refractivity contribution in [2.45, 2.75) is 46.4 Å². The third-order valence-corrected chi connectivity index (χ3v) is 3.90. The fraction of sp³-hybridized carbons (Fsp3) is 0.647. The van der Waals surface area contributed by atoms with Gasteiger partial charge in [0.05, 0.1) is 12.2 Å². The molecule has 1 saturated heterocycles. The summed E-state index contributed by atoms with van der Waals surface area (Å²) in [5.74, 6) is 0.649. The zero-order valence-corrected chi connectivity index (χ0v) is 14.3. The molecule has 0 unspecified atom stereocenters. The van der Waals surface area contributed by atoms with Crippen LogP contribution in [-0.2, 0) is 11.3 Å². The normalized spacial score (nSPS) is 22.9. The number of benzene rings is 1. The van der Waals surface area contributed by atoms with Crippen LogP contribution in [0.3, 0.4) is 0 Å². The van der Waals surface area contributed by atoms with Crippen molar-refractivity contribution in [3.8, 4) is 0 Å². The summed E-state index contributed by atoms with van der Waals surface area (Å²) in [5, 5.41) is 4.31. The Morgan fingerprint density at radius 1 is 1.29 bits per heavy atom. The van der Waals surface area contributed by atoms with Gasteiger partial charge >= 0.3 is 0 Å². The fourth-order valence-corrected chi connectivity index (χ4v) is 3.07. The second-order valence-electron chi connectivity index (χ2n) is 6.46. The fourth-order valence-electron chi connectivity index (χ4n) is 2.87. The van der Waals surface area contributed by atoms with E-state index in [0.717, 1.165) is 31.2 Å². The smallest absolute Gasteiger partial charge is 0.0726 e. The predicted octanol–water partition coefficient (Wildman–Crippen LogP) is 3.70. The average Bonchev–Trinajstić information content (AvgIpc) is 2.37. The topological polar surface area (TPSA) is 24.5 Å². The van der Waals surface area contributed by atoms with E-state index in [-0.39, 0.29) is 12.2 Å². The summed E-state index contributed by atoms with van der Waals surface area (Å²) in [7, 11) is 0. The lowest BCUT2D eigenvalue weighted by atomic mass is 10.1. The van der Waals surface area contributed by atoms with E-state index in [4.69, 9.17) is 16.3 Å². The first-order valence-electron chi connectivity index (χ1n) is 7.85. The summed E-state index contributed by atoms with van der Waals surface area (Å²) in [6.45, 7) is 12.4. The molecule has 21 heavy (non-hydrogen) atoms. The number of anilines is 1. The highest BCUT2D eigenvalue weighted by atomic mass is 35.5. The molecule has 1 aliphatic rings. The average molecular weight is 311 g/mol. The Labute approximate surface area is 133 Å². The van der Waals surface area contributed by atoms with Crippen LogP contribution in [0.15, 0.2) is 18.2 Å². The van der Waals surface area contributed by atoms with Crippen LogP contribution in [-0.4, -0.2) is 31.8 Å². The van der Waals surface area contributed by atoms with Crippen LogP contribution in [0.1, 0.15) is 33.3 Å². The molecule has 1 aromatic carbocycles. The number of morpholine rings is 1. The Bertz CT molecular complexity index is 454. The molecule has 0 saturated carbocycles. The van der Waals surface area contributed by atoms with Gasteiger partial charge in [0.15, 0.2) is 0 Å². The maximum Gasteiger partial charge on any atom is 0.0726 e.